The number of thiazole rings is 1. The maximum atomic E-state index is 4.61. The van der Waals surface area contributed by atoms with Crippen LogP contribution in [0, 0.1) is 6.92 Å². The second-order valence-electron chi connectivity index (χ2n) is 5.10. The summed E-state index contributed by atoms with van der Waals surface area (Å²) in [7, 11) is 0. The molecule has 19 heavy (non-hydrogen) atoms. The van der Waals surface area contributed by atoms with Gasteiger partial charge in [-0.3, -0.25) is 19.9 Å². The number of likely N-dealkylation sites (tertiary alicyclic amines) is 1. The fourth-order valence-corrected chi connectivity index (χ4v) is 3.24. The summed E-state index contributed by atoms with van der Waals surface area (Å²) >= 11 is 1.74. The van der Waals surface area contributed by atoms with Crippen LogP contribution in [0.5, 0.6) is 0 Å². The lowest BCUT2D eigenvalue weighted by Gasteiger charge is -2.31. The van der Waals surface area contributed by atoms with Crippen LogP contribution in [-0.2, 0) is 6.54 Å². The Morgan fingerprint density at radius 3 is 2.74 bits per heavy atom. The van der Waals surface area contributed by atoms with Gasteiger partial charge in [0.05, 0.1) is 16.9 Å². The second kappa shape index (κ2) is 5.75. The highest BCUT2D eigenvalue weighted by Gasteiger charge is 2.22. The molecule has 2 aromatic heterocycles. The van der Waals surface area contributed by atoms with Crippen LogP contribution in [0.1, 0.15) is 35.0 Å². The van der Waals surface area contributed by atoms with Crippen molar-refractivity contribution in [3.05, 3.63) is 40.4 Å². The van der Waals surface area contributed by atoms with E-state index >= 15 is 0 Å². The molecule has 0 atom stereocenters. The van der Waals surface area contributed by atoms with Crippen LogP contribution in [0.4, 0.5) is 0 Å². The fraction of sp³-hybridized carbons (Fsp3) is 0.500. The number of aryl methyl sites for hydroxylation is 1. The van der Waals surface area contributed by atoms with E-state index < -0.39 is 0 Å². The van der Waals surface area contributed by atoms with Crippen molar-refractivity contribution in [3.63, 3.8) is 0 Å². The Morgan fingerprint density at radius 2 is 2.05 bits per heavy atom. The number of hydrogen-bond acceptors (Lipinski definition) is 5. The van der Waals surface area contributed by atoms with Gasteiger partial charge in [0.1, 0.15) is 0 Å². The van der Waals surface area contributed by atoms with Gasteiger partial charge in [-0.05, 0) is 32.9 Å². The zero-order valence-electron chi connectivity index (χ0n) is 11.1. The number of piperidine rings is 1. The highest BCUT2D eigenvalue weighted by molar-refractivity contribution is 7.09. The third kappa shape index (κ3) is 3.16. The van der Waals surface area contributed by atoms with Crippen LogP contribution in [0.3, 0.4) is 0 Å². The van der Waals surface area contributed by atoms with Gasteiger partial charge in [-0.15, -0.1) is 11.3 Å². The summed E-state index contributed by atoms with van der Waals surface area (Å²) in [6.45, 7) is 5.32. The van der Waals surface area contributed by atoms with Gasteiger partial charge in [0.15, 0.2) is 0 Å². The summed E-state index contributed by atoms with van der Waals surface area (Å²) < 4.78 is 0. The van der Waals surface area contributed by atoms with E-state index in [1.807, 2.05) is 31.0 Å². The average molecular weight is 274 g/mol. The predicted octanol–water partition coefficient (Wildman–Crippen LogP) is 2.62. The minimum absolute atomic E-state index is 0.574. The SMILES string of the molecule is Cc1cncc(C2CCN(Cc3cncs3)CC2)n1. The molecule has 4 nitrogen and oxygen atoms in total. The monoisotopic (exact) mass is 274 g/mol. The smallest absolute Gasteiger partial charge is 0.0794 e. The zero-order chi connectivity index (χ0) is 13.1. The topological polar surface area (TPSA) is 41.9 Å². The quantitative estimate of drug-likeness (QED) is 0.863. The average Bonchev–Trinajstić information content (AvgIpc) is 2.92. The summed E-state index contributed by atoms with van der Waals surface area (Å²) in [5.41, 5.74) is 4.09. The van der Waals surface area contributed by atoms with Crippen LogP contribution in [-0.4, -0.2) is 32.9 Å². The van der Waals surface area contributed by atoms with Crippen molar-refractivity contribution in [2.75, 3.05) is 13.1 Å². The van der Waals surface area contributed by atoms with Gasteiger partial charge in [0, 0.05) is 35.9 Å². The molecule has 0 aliphatic carbocycles. The third-order valence-electron chi connectivity index (χ3n) is 3.64. The molecule has 0 aromatic carbocycles. The summed E-state index contributed by atoms with van der Waals surface area (Å²) in [4.78, 5) is 16.9. The molecule has 0 spiro atoms. The Morgan fingerprint density at radius 1 is 1.21 bits per heavy atom. The van der Waals surface area contributed by atoms with E-state index in [1.165, 1.54) is 17.7 Å². The Balaban J connectivity index is 1.57. The number of rotatable bonds is 3. The van der Waals surface area contributed by atoms with E-state index in [0.717, 1.165) is 31.0 Å². The van der Waals surface area contributed by atoms with Crippen LogP contribution in [0.25, 0.3) is 0 Å². The number of hydrogen-bond donors (Lipinski definition) is 0. The highest BCUT2D eigenvalue weighted by Crippen LogP contribution is 2.27. The molecular weight excluding hydrogens is 256 g/mol. The van der Waals surface area contributed by atoms with Crippen molar-refractivity contribution in [1.82, 2.24) is 19.9 Å². The number of nitrogens with zero attached hydrogens (tertiary/aromatic N) is 4. The molecule has 3 rings (SSSR count). The highest BCUT2D eigenvalue weighted by atomic mass is 32.1. The van der Waals surface area contributed by atoms with E-state index in [0.29, 0.717) is 5.92 Å². The second-order valence-corrected chi connectivity index (χ2v) is 6.07. The Kier molecular flexibility index (Phi) is 3.84. The van der Waals surface area contributed by atoms with Gasteiger partial charge in [0.2, 0.25) is 0 Å². The van der Waals surface area contributed by atoms with Gasteiger partial charge in [-0.2, -0.15) is 0 Å². The molecule has 1 fully saturated rings. The van der Waals surface area contributed by atoms with Crippen LogP contribution < -0.4 is 0 Å². The van der Waals surface area contributed by atoms with E-state index in [-0.39, 0.29) is 0 Å². The molecule has 0 amide bonds. The van der Waals surface area contributed by atoms with E-state index in [9.17, 15) is 0 Å². The molecule has 100 valence electrons. The van der Waals surface area contributed by atoms with E-state index in [1.54, 1.807) is 11.3 Å². The molecule has 1 aliphatic rings. The van der Waals surface area contributed by atoms with Crippen molar-refractivity contribution >= 4 is 11.3 Å². The predicted molar refractivity (Wildman–Crippen MR) is 76.1 cm³/mol. The summed E-state index contributed by atoms with van der Waals surface area (Å²) in [5.74, 6) is 0.574. The molecule has 0 unspecified atom stereocenters. The first-order valence-electron chi connectivity index (χ1n) is 6.69. The standard InChI is InChI=1S/C14H18N4S/c1-11-6-15-8-14(17-11)12-2-4-18(5-3-12)9-13-7-16-10-19-13/h6-8,10,12H,2-5,9H2,1H3. The number of aromatic nitrogens is 3. The first-order chi connectivity index (χ1) is 9.31. The molecule has 3 heterocycles. The van der Waals surface area contributed by atoms with Crippen LogP contribution in [0.2, 0.25) is 0 Å². The van der Waals surface area contributed by atoms with Crippen LogP contribution >= 0.6 is 11.3 Å². The van der Waals surface area contributed by atoms with Crippen molar-refractivity contribution in [1.29, 1.82) is 0 Å². The normalized spacial score (nSPS) is 17.7. The van der Waals surface area contributed by atoms with Crippen molar-refractivity contribution in [2.45, 2.75) is 32.2 Å². The van der Waals surface area contributed by atoms with Crippen LogP contribution in [0.15, 0.2) is 24.1 Å². The Labute approximate surface area is 117 Å². The summed E-state index contributed by atoms with van der Waals surface area (Å²) in [5, 5.41) is 0. The van der Waals surface area contributed by atoms with Gasteiger partial charge in [-0.25, -0.2) is 0 Å². The van der Waals surface area contributed by atoms with E-state index in [2.05, 4.69) is 19.9 Å². The maximum Gasteiger partial charge on any atom is 0.0794 e. The minimum atomic E-state index is 0.574. The molecule has 2 aromatic rings. The van der Waals surface area contributed by atoms with E-state index in [4.69, 9.17) is 0 Å². The minimum Gasteiger partial charge on any atom is -0.298 e. The van der Waals surface area contributed by atoms with Crippen molar-refractivity contribution in [2.24, 2.45) is 0 Å². The largest absolute Gasteiger partial charge is 0.298 e. The van der Waals surface area contributed by atoms with Gasteiger partial charge >= 0.3 is 0 Å². The molecule has 1 aliphatic heterocycles. The maximum absolute atomic E-state index is 4.61. The summed E-state index contributed by atoms with van der Waals surface area (Å²) in [6.07, 6.45) is 8.08. The lowest BCUT2D eigenvalue weighted by molar-refractivity contribution is 0.204. The fourth-order valence-electron chi connectivity index (χ4n) is 2.61. The van der Waals surface area contributed by atoms with Crippen molar-refractivity contribution in [3.8, 4) is 0 Å². The third-order valence-corrected chi connectivity index (χ3v) is 4.41. The lowest BCUT2D eigenvalue weighted by Crippen LogP contribution is -2.32. The lowest BCUT2D eigenvalue weighted by atomic mass is 9.93. The molecular formula is C14H18N4S. The first kappa shape index (κ1) is 12.7. The van der Waals surface area contributed by atoms with Crippen molar-refractivity contribution < 1.29 is 0 Å². The molecule has 1 saturated heterocycles. The Bertz CT molecular complexity index is 518. The Hall–Kier alpha value is -1.33. The summed E-state index contributed by atoms with van der Waals surface area (Å²) in [6, 6.07) is 0. The molecule has 0 radical (unpaired) electrons. The molecule has 0 bridgehead atoms. The zero-order valence-corrected chi connectivity index (χ0v) is 11.9. The first-order valence-corrected chi connectivity index (χ1v) is 7.57. The van der Waals surface area contributed by atoms with Gasteiger partial charge in [0.25, 0.3) is 0 Å². The molecule has 5 heteroatoms. The van der Waals surface area contributed by atoms with Gasteiger partial charge < -0.3 is 0 Å². The molecule has 0 saturated carbocycles. The molecule has 0 N–H and O–H groups in total. The van der Waals surface area contributed by atoms with Gasteiger partial charge in [-0.1, -0.05) is 0 Å².